The first kappa shape index (κ1) is 16.7. The van der Waals surface area contributed by atoms with Crippen molar-refractivity contribution in [3.05, 3.63) is 44.9 Å². The van der Waals surface area contributed by atoms with Gasteiger partial charge in [-0.3, -0.25) is 4.79 Å². The molecular weight excluding hydrogens is 294 g/mol. The standard InChI is InChI=1S/C17H21N3O3/c1-5-11-7-10(3)8-12(6-2)14(11)15-16(21)13(9-18-23)19-20(4)17(15)22/h7-9,21,23H,5-6H2,1-4H3. The van der Waals surface area contributed by atoms with E-state index in [2.05, 4.69) is 10.3 Å². The summed E-state index contributed by atoms with van der Waals surface area (Å²) in [6.07, 6.45) is 2.49. The Morgan fingerprint density at radius 2 is 1.78 bits per heavy atom. The molecule has 0 aliphatic heterocycles. The van der Waals surface area contributed by atoms with Crippen molar-refractivity contribution < 1.29 is 10.3 Å². The van der Waals surface area contributed by atoms with Crippen LogP contribution in [0.15, 0.2) is 22.1 Å². The second-order valence-electron chi connectivity index (χ2n) is 5.45. The van der Waals surface area contributed by atoms with E-state index >= 15 is 0 Å². The molecule has 0 saturated heterocycles. The Morgan fingerprint density at radius 1 is 1.22 bits per heavy atom. The van der Waals surface area contributed by atoms with E-state index in [1.807, 2.05) is 32.9 Å². The van der Waals surface area contributed by atoms with E-state index in [1.54, 1.807) is 0 Å². The Balaban J connectivity index is 2.95. The first-order valence-corrected chi connectivity index (χ1v) is 7.55. The van der Waals surface area contributed by atoms with Gasteiger partial charge < -0.3 is 10.3 Å². The van der Waals surface area contributed by atoms with Gasteiger partial charge in [0, 0.05) is 7.05 Å². The largest absolute Gasteiger partial charge is 0.505 e. The molecule has 0 atom stereocenters. The minimum absolute atomic E-state index is 0.0503. The summed E-state index contributed by atoms with van der Waals surface area (Å²) in [4.78, 5) is 12.6. The van der Waals surface area contributed by atoms with Gasteiger partial charge in [-0.15, -0.1) is 0 Å². The van der Waals surface area contributed by atoms with Crippen molar-refractivity contribution in [2.45, 2.75) is 33.6 Å². The average Bonchev–Trinajstić information content (AvgIpc) is 2.53. The van der Waals surface area contributed by atoms with Crippen LogP contribution in [0.25, 0.3) is 11.1 Å². The van der Waals surface area contributed by atoms with Crippen LogP contribution in [0.5, 0.6) is 5.75 Å². The van der Waals surface area contributed by atoms with Crippen molar-refractivity contribution >= 4 is 6.21 Å². The first-order valence-electron chi connectivity index (χ1n) is 7.55. The average molecular weight is 315 g/mol. The van der Waals surface area contributed by atoms with Gasteiger partial charge in [-0.1, -0.05) is 36.7 Å². The van der Waals surface area contributed by atoms with Crippen LogP contribution >= 0.6 is 0 Å². The van der Waals surface area contributed by atoms with E-state index in [1.165, 1.54) is 7.05 Å². The lowest BCUT2D eigenvalue weighted by Gasteiger charge is -2.16. The zero-order valence-electron chi connectivity index (χ0n) is 13.8. The first-order chi connectivity index (χ1) is 10.9. The smallest absolute Gasteiger partial charge is 0.278 e. The van der Waals surface area contributed by atoms with E-state index in [4.69, 9.17) is 5.21 Å². The highest BCUT2D eigenvalue weighted by Gasteiger charge is 2.21. The number of nitrogens with zero attached hydrogens (tertiary/aromatic N) is 3. The zero-order valence-corrected chi connectivity index (χ0v) is 13.8. The number of aryl methyl sites for hydroxylation is 4. The van der Waals surface area contributed by atoms with Crippen LogP contribution in [-0.4, -0.2) is 26.3 Å². The monoisotopic (exact) mass is 315 g/mol. The second kappa shape index (κ2) is 6.64. The Hall–Kier alpha value is -2.63. The Morgan fingerprint density at radius 3 is 2.26 bits per heavy atom. The molecule has 0 fully saturated rings. The van der Waals surface area contributed by atoms with Crippen LogP contribution in [0.4, 0.5) is 0 Å². The van der Waals surface area contributed by atoms with Gasteiger partial charge in [-0.05, 0) is 36.5 Å². The van der Waals surface area contributed by atoms with E-state index in [-0.39, 0.29) is 22.6 Å². The topological polar surface area (TPSA) is 87.7 Å². The minimum Gasteiger partial charge on any atom is -0.505 e. The van der Waals surface area contributed by atoms with Gasteiger partial charge in [0.15, 0.2) is 5.75 Å². The predicted octanol–water partition coefficient (Wildman–Crippen LogP) is 2.39. The lowest BCUT2D eigenvalue weighted by molar-refractivity contribution is 0.321. The van der Waals surface area contributed by atoms with Gasteiger partial charge in [0.1, 0.15) is 5.69 Å². The summed E-state index contributed by atoms with van der Waals surface area (Å²) in [5.74, 6) is -0.265. The molecule has 1 aromatic carbocycles. The molecule has 0 radical (unpaired) electrons. The minimum atomic E-state index is -0.383. The van der Waals surface area contributed by atoms with Gasteiger partial charge >= 0.3 is 0 Å². The van der Waals surface area contributed by atoms with Crippen molar-refractivity contribution in [2.24, 2.45) is 12.2 Å². The number of oxime groups is 1. The molecule has 6 nitrogen and oxygen atoms in total. The molecule has 0 bridgehead atoms. The number of benzene rings is 1. The van der Waals surface area contributed by atoms with Crippen LogP contribution in [0.2, 0.25) is 0 Å². The molecule has 0 aliphatic rings. The highest BCUT2D eigenvalue weighted by molar-refractivity contribution is 5.86. The molecule has 122 valence electrons. The van der Waals surface area contributed by atoms with Crippen molar-refractivity contribution in [1.29, 1.82) is 0 Å². The fourth-order valence-corrected chi connectivity index (χ4v) is 2.83. The summed E-state index contributed by atoms with van der Waals surface area (Å²) in [6, 6.07) is 4.04. The van der Waals surface area contributed by atoms with Crippen LogP contribution < -0.4 is 5.56 Å². The fourth-order valence-electron chi connectivity index (χ4n) is 2.83. The van der Waals surface area contributed by atoms with Crippen LogP contribution in [0.1, 0.15) is 36.2 Å². The maximum absolute atomic E-state index is 12.6. The Bertz CT molecular complexity index is 798. The lowest BCUT2D eigenvalue weighted by Crippen LogP contribution is -2.24. The van der Waals surface area contributed by atoms with Crippen molar-refractivity contribution in [3.63, 3.8) is 0 Å². The van der Waals surface area contributed by atoms with Crippen LogP contribution in [-0.2, 0) is 19.9 Å². The van der Waals surface area contributed by atoms with E-state index < -0.39 is 0 Å². The highest BCUT2D eigenvalue weighted by atomic mass is 16.4. The van der Waals surface area contributed by atoms with Crippen molar-refractivity contribution in [1.82, 2.24) is 9.78 Å². The van der Waals surface area contributed by atoms with Gasteiger partial charge in [-0.25, -0.2) is 4.68 Å². The molecule has 2 aromatic rings. The molecule has 0 spiro atoms. The normalized spacial score (nSPS) is 11.3. The Kier molecular flexibility index (Phi) is 4.83. The molecule has 2 rings (SSSR count). The predicted molar refractivity (Wildman–Crippen MR) is 89.5 cm³/mol. The molecule has 0 unspecified atom stereocenters. The molecule has 0 amide bonds. The van der Waals surface area contributed by atoms with Gasteiger partial charge in [0.05, 0.1) is 11.8 Å². The van der Waals surface area contributed by atoms with Gasteiger partial charge in [0.2, 0.25) is 0 Å². The lowest BCUT2D eigenvalue weighted by atomic mass is 9.90. The third kappa shape index (κ3) is 2.97. The third-order valence-electron chi connectivity index (χ3n) is 3.88. The molecule has 0 aliphatic carbocycles. The summed E-state index contributed by atoms with van der Waals surface area (Å²) >= 11 is 0. The zero-order chi connectivity index (χ0) is 17.1. The summed E-state index contributed by atoms with van der Waals surface area (Å²) in [6.45, 7) is 6.03. The summed E-state index contributed by atoms with van der Waals surface area (Å²) < 4.78 is 1.14. The molecule has 1 heterocycles. The summed E-state index contributed by atoms with van der Waals surface area (Å²) in [5.41, 5.74) is 3.71. The van der Waals surface area contributed by atoms with E-state index in [0.29, 0.717) is 0 Å². The molecular formula is C17H21N3O3. The third-order valence-corrected chi connectivity index (χ3v) is 3.88. The van der Waals surface area contributed by atoms with Crippen molar-refractivity contribution in [2.75, 3.05) is 0 Å². The van der Waals surface area contributed by atoms with Crippen LogP contribution in [0.3, 0.4) is 0 Å². The molecule has 0 saturated carbocycles. The quantitative estimate of drug-likeness (QED) is 0.515. The van der Waals surface area contributed by atoms with E-state index in [0.717, 1.165) is 46.0 Å². The number of hydrogen-bond donors (Lipinski definition) is 2. The highest BCUT2D eigenvalue weighted by Crippen LogP contribution is 2.34. The number of rotatable bonds is 4. The molecule has 23 heavy (non-hydrogen) atoms. The van der Waals surface area contributed by atoms with Gasteiger partial charge in [0.25, 0.3) is 5.56 Å². The molecule has 6 heteroatoms. The summed E-state index contributed by atoms with van der Waals surface area (Å²) in [5, 5.41) is 26.1. The van der Waals surface area contributed by atoms with Gasteiger partial charge in [-0.2, -0.15) is 5.10 Å². The number of aromatic nitrogens is 2. The van der Waals surface area contributed by atoms with Crippen molar-refractivity contribution in [3.8, 4) is 16.9 Å². The van der Waals surface area contributed by atoms with E-state index in [9.17, 15) is 9.90 Å². The number of hydrogen-bond acceptors (Lipinski definition) is 5. The number of aromatic hydroxyl groups is 1. The van der Waals surface area contributed by atoms with Crippen LogP contribution in [0, 0.1) is 6.92 Å². The maximum atomic E-state index is 12.6. The second-order valence-corrected chi connectivity index (χ2v) is 5.45. The fraction of sp³-hybridized carbons (Fsp3) is 0.353. The maximum Gasteiger partial charge on any atom is 0.278 e. The molecule has 2 N–H and O–H groups in total. The SMILES string of the molecule is CCc1cc(C)cc(CC)c1-c1c(O)c(C=NO)nn(C)c1=O. The Labute approximate surface area is 134 Å². The summed E-state index contributed by atoms with van der Waals surface area (Å²) in [7, 11) is 1.51. The molecule has 1 aromatic heterocycles.